The van der Waals surface area contributed by atoms with Crippen LogP contribution in [-0.4, -0.2) is 31.3 Å². The van der Waals surface area contributed by atoms with Crippen molar-refractivity contribution in [1.29, 1.82) is 0 Å². The number of carbonyl (C=O) groups excluding carboxylic acids is 2. The van der Waals surface area contributed by atoms with Gasteiger partial charge in [0.2, 0.25) is 0 Å². The SMILES string of the molecule is CCCC(C)OC(=O)c1ccc(C(=O)Oc2ccc(-c3ccc(OCCCCOc4ccc(C)cc4)cc3)cc2)cc1. The molecule has 218 valence electrons. The van der Waals surface area contributed by atoms with Crippen LogP contribution in [0.4, 0.5) is 0 Å². The van der Waals surface area contributed by atoms with Gasteiger partial charge in [0.25, 0.3) is 0 Å². The van der Waals surface area contributed by atoms with Crippen LogP contribution in [0.2, 0.25) is 0 Å². The van der Waals surface area contributed by atoms with Crippen molar-refractivity contribution in [3.63, 3.8) is 0 Å². The van der Waals surface area contributed by atoms with Crippen LogP contribution in [0.3, 0.4) is 0 Å². The summed E-state index contributed by atoms with van der Waals surface area (Å²) < 4.78 is 22.6. The van der Waals surface area contributed by atoms with Crippen molar-refractivity contribution in [3.05, 3.63) is 114 Å². The highest BCUT2D eigenvalue weighted by Gasteiger charge is 2.14. The van der Waals surface area contributed by atoms with Crippen LogP contribution >= 0.6 is 0 Å². The fourth-order valence-corrected chi connectivity index (χ4v) is 4.30. The first-order valence-corrected chi connectivity index (χ1v) is 14.5. The van der Waals surface area contributed by atoms with Crippen molar-refractivity contribution >= 4 is 11.9 Å². The summed E-state index contributed by atoms with van der Waals surface area (Å²) in [4.78, 5) is 24.9. The van der Waals surface area contributed by atoms with Crippen LogP contribution in [0, 0.1) is 6.92 Å². The summed E-state index contributed by atoms with van der Waals surface area (Å²) >= 11 is 0. The molecule has 6 heteroatoms. The standard InChI is InChI=1S/C36H38O6/c1-4-7-27(3)41-35(37)30-10-12-31(13-11-30)36(38)42-34-22-16-29(17-23-34)28-14-20-33(21-15-28)40-25-6-5-24-39-32-18-8-26(2)9-19-32/h8-23,27H,4-7,24-25H2,1-3H3. The van der Waals surface area contributed by atoms with E-state index in [0.717, 1.165) is 48.3 Å². The quantitative estimate of drug-likeness (QED) is 0.0866. The minimum absolute atomic E-state index is 0.146. The Morgan fingerprint density at radius 1 is 0.619 bits per heavy atom. The minimum Gasteiger partial charge on any atom is -0.494 e. The third-order valence-corrected chi connectivity index (χ3v) is 6.71. The van der Waals surface area contributed by atoms with Gasteiger partial charge in [-0.3, -0.25) is 0 Å². The first-order chi connectivity index (χ1) is 20.4. The molecule has 0 aliphatic heterocycles. The third-order valence-electron chi connectivity index (χ3n) is 6.71. The van der Waals surface area contributed by atoms with Gasteiger partial charge in [-0.15, -0.1) is 0 Å². The highest BCUT2D eigenvalue weighted by molar-refractivity contribution is 5.94. The van der Waals surface area contributed by atoms with Crippen LogP contribution in [0.1, 0.15) is 65.8 Å². The largest absolute Gasteiger partial charge is 0.494 e. The van der Waals surface area contributed by atoms with E-state index in [-0.39, 0.29) is 6.10 Å². The summed E-state index contributed by atoms with van der Waals surface area (Å²) in [6.45, 7) is 7.26. The Morgan fingerprint density at radius 3 is 1.57 bits per heavy atom. The Bertz CT molecular complexity index is 1410. The van der Waals surface area contributed by atoms with Gasteiger partial charge in [-0.25, -0.2) is 9.59 Å². The first-order valence-electron chi connectivity index (χ1n) is 14.5. The molecule has 4 aromatic carbocycles. The molecule has 1 atom stereocenters. The lowest BCUT2D eigenvalue weighted by Crippen LogP contribution is -2.15. The number of hydrogen-bond donors (Lipinski definition) is 0. The number of unbranched alkanes of at least 4 members (excludes halogenated alkanes) is 1. The highest BCUT2D eigenvalue weighted by atomic mass is 16.5. The second-order valence-electron chi connectivity index (χ2n) is 10.2. The van der Waals surface area contributed by atoms with E-state index in [2.05, 4.69) is 6.92 Å². The maximum absolute atomic E-state index is 12.6. The van der Waals surface area contributed by atoms with Crippen LogP contribution in [0.25, 0.3) is 11.1 Å². The summed E-state index contributed by atoms with van der Waals surface area (Å²) in [5, 5.41) is 0. The van der Waals surface area contributed by atoms with Crippen molar-refractivity contribution in [2.75, 3.05) is 13.2 Å². The van der Waals surface area contributed by atoms with Gasteiger partial charge >= 0.3 is 11.9 Å². The Morgan fingerprint density at radius 2 is 1.07 bits per heavy atom. The molecule has 0 aliphatic rings. The van der Waals surface area contributed by atoms with Crippen molar-refractivity contribution in [2.24, 2.45) is 0 Å². The van der Waals surface area contributed by atoms with Crippen molar-refractivity contribution in [2.45, 2.75) is 52.6 Å². The van der Waals surface area contributed by atoms with Crippen LogP contribution in [0.5, 0.6) is 17.2 Å². The smallest absolute Gasteiger partial charge is 0.343 e. The predicted molar refractivity (Wildman–Crippen MR) is 164 cm³/mol. The number of aryl methyl sites for hydroxylation is 1. The summed E-state index contributed by atoms with van der Waals surface area (Å²) in [6.07, 6.45) is 3.42. The van der Waals surface area contributed by atoms with Gasteiger partial charge in [-0.2, -0.15) is 0 Å². The Labute approximate surface area is 248 Å². The summed E-state index contributed by atoms with van der Waals surface area (Å²) in [5.74, 6) is 1.26. The monoisotopic (exact) mass is 566 g/mol. The molecule has 0 fully saturated rings. The van der Waals surface area contributed by atoms with E-state index in [1.54, 1.807) is 36.4 Å². The molecule has 0 amide bonds. The van der Waals surface area contributed by atoms with Crippen LogP contribution in [-0.2, 0) is 4.74 Å². The summed E-state index contributed by atoms with van der Waals surface area (Å²) in [7, 11) is 0. The molecule has 4 aromatic rings. The predicted octanol–water partition coefficient (Wildman–Crippen LogP) is 8.46. The molecule has 0 radical (unpaired) electrons. The topological polar surface area (TPSA) is 71.1 Å². The van der Waals surface area contributed by atoms with Gasteiger partial charge in [0.15, 0.2) is 0 Å². The van der Waals surface area contributed by atoms with Crippen LogP contribution < -0.4 is 14.2 Å². The lowest BCUT2D eigenvalue weighted by atomic mass is 10.1. The average molecular weight is 567 g/mol. The first kappa shape index (κ1) is 30.4. The molecule has 1 unspecified atom stereocenters. The van der Waals surface area contributed by atoms with Crippen molar-refractivity contribution < 1.29 is 28.5 Å². The van der Waals surface area contributed by atoms with E-state index < -0.39 is 11.9 Å². The molecule has 0 saturated heterocycles. The number of benzene rings is 4. The van der Waals surface area contributed by atoms with E-state index in [9.17, 15) is 9.59 Å². The molecule has 0 aliphatic carbocycles. The number of esters is 2. The molecule has 6 nitrogen and oxygen atoms in total. The third kappa shape index (κ3) is 9.23. The Balaban J connectivity index is 1.20. The molecule has 0 heterocycles. The zero-order valence-electron chi connectivity index (χ0n) is 24.5. The number of hydrogen-bond acceptors (Lipinski definition) is 6. The van der Waals surface area contributed by atoms with Gasteiger partial charge in [0.1, 0.15) is 17.2 Å². The van der Waals surface area contributed by atoms with Crippen LogP contribution in [0.15, 0.2) is 97.1 Å². The lowest BCUT2D eigenvalue weighted by molar-refractivity contribution is 0.0323. The van der Waals surface area contributed by atoms with E-state index in [0.29, 0.717) is 30.1 Å². The Kier molecular flexibility index (Phi) is 11.2. The molecular weight excluding hydrogens is 528 g/mol. The maximum atomic E-state index is 12.6. The number of rotatable bonds is 14. The fourth-order valence-electron chi connectivity index (χ4n) is 4.30. The van der Waals surface area contributed by atoms with E-state index in [1.807, 2.05) is 74.5 Å². The molecule has 0 saturated carbocycles. The van der Waals surface area contributed by atoms with E-state index in [4.69, 9.17) is 18.9 Å². The molecular formula is C36H38O6. The summed E-state index contributed by atoms with van der Waals surface area (Å²) in [5.41, 5.74) is 4.00. The van der Waals surface area contributed by atoms with Gasteiger partial charge < -0.3 is 18.9 Å². The molecule has 0 spiro atoms. The van der Waals surface area contributed by atoms with Crippen molar-refractivity contribution in [3.8, 4) is 28.4 Å². The molecule has 0 aromatic heterocycles. The lowest BCUT2D eigenvalue weighted by Gasteiger charge is -2.12. The molecule has 4 rings (SSSR count). The zero-order chi connectivity index (χ0) is 29.7. The van der Waals surface area contributed by atoms with Gasteiger partial charge in [0, 0.05) is 0 Å². The summed E-state index contributed by atoms with van der Waals surface area (Å²) in [6, 6.07) is 29.6. The minimum atomic E-state index is -0.495. The van der Waals surface area contributed by atoms with Gasteiger partial charge in [-0.05, 0) is 105 Å². The Hall–Kier alpha value is -4.58. The maximum Gasteiger partial charge on any atom is 0.343 e. The van der Waals surface area contributed by atoms with Gasteiger partial charge in [-0.1, -0.05) is 55.3 Å². The van der Waals surface area contributed by atoms with E-state index in [1.165, 1.54) is 5.56 Å². The number of ether oxygens (including phenoxy) is 4. The second kappa shape index (κ2) is 15.4. The fraction of sp³-hybridized carbons (Fsp3) is 0.278. The average Bonchev–Trinajstić information content (AvgIpc) is 3.00. The highest BCUT2D eigenvalue weighted by Crippen LogP contribution is 2.25. The zero-order valence-corrected chi connectivity index (χ0v) is 24.5. The van der Waals surface area contributed by atoms with Gasteiger partial charge in [0.05, 0.1) is 30.4 Å². The second-order valence-corrected chi connectivity index (χ2v) is 10.2. The molecule has 0 bridgehead atoms. The van der Waals surface area contributed by atoms with E-state index >= 15 is 0 Å². The van der Waals surface area contributed by atoms with Crippen molar-refractivity contribution in [1.82, 2.24) is 0 Å². The number of carbonyl (C=O) groups is 2. The molecule has 0 N–H and O–H groups in total. The normalized spacial score (nSPS) is 11.4. The molecule has 42 heavy (non-hydrogen) atoms.